The van der Waals surface area contributed by atoms with Crippen LogP contribution >= 0.6 is 0 Å². The van der Waals surface area contributed by atoms with Gasteiger partial charge >= 0.3 is 84.5 Å². The van der Waals surface area contributed by atoms with Crippen LogP contribution in [0.3, 0.4) is 0 Å². The molecule has 0 bridgehead atoms. The summed E-state index contributed by atoms with van der Waals surface area (Å²) < 4.78 is 19.4. The fourth-order valence-electron chi connectivity index (χ4n) is 0. The van der Waals surface area contributed by atoms with E-state index in [0.717, 1.165) is 0 Å². The Hall–Kier alpha value is 1.95. The van der Waals surface area contributed by atoms with Gasteiger partial charge in [0.25, 0.3) is 0 Å². The first-order valence-corrected chi connectivity index (χ1v) is 6.54. The molecule has 0 aliphatic heterocycles. The van der Waals surface area contributed by atoms with Crippen molar-refractivity contribution in [1.29, 1.82) is 0 Å². The maximum atomic E-state index is 9.72. The first-order valence-electron chi connectivity index (χ1n) is 1.26. The third kappa shape index (κ3) is 38.3. The van der Waals surface area contributed by atoms with Crippen LogP contribution in [0.4, 0.5) is 0 Å². The molecule has 0 heterocycles. The van der Waals surface area contributed by atoms with Crippen LogP contribution in [0.5, 0.6) is 0 Å². The minimum atomic E-state index is -3.38. The summed E-state index contributed by atoms with van der Waals surface area (Å²) in [5.41, 5.74) is 2.50. The van der Waals surface area contributed by atoms with E-state index in [0.29, 0.717) is 0 Å². The van der Waals surface area contributed by atoms with E-state index in [1.54, 1.807) is 0 Å². The van der Waals surface area contributed by atoms with Crippen molar-refractivity contribution in [3.63, 3.8) is 0 Å². The Balaban J connectivity index is 0. The average molecular weight is 176 g/mol. The molecule has 0 atom stereocenters. The van der Waals surface area contributed by atoms with Gasteiger partial charge in [0, 0.05) is 0 Å². The predicted molar refractivity (Wildman–Crippen MR) is 18.2 cm³/mol. The zero-order valence-electron chi connectivity index (χ0n) is 4.26. The normalized spacial score (nSPS) is 9.83. The SMILES string of the molecule is C[As](C)(=O)[O-].[K+]. The average Bonchev–Trinajstić information content (AvgIpc) is 0.722. The van der Waals surface area contributed by atoms with Crippen LogP contribution in [0.15, 0.2) is 0 Å². The Morgan fingerprint density at radius 2 is 1.50 bits per heavy atom. The van der Waals surface area contributed by atoms with Crippen LogP contribution in [-0.2, 0) is 3.74 Å². The summed E-state index contributed by atoms with van der Waals surface area (Å²) in [6.07, 6.45) is 0. The van der Waals surface area contributed by atoms with Crippen LogP contribution in [0.2, 0.25) is 11.4 Å². The molecule has 0 aromatic carbocycles. The first-order chi connectivity index (χ1) is 2.00. The van der Waals surface area contributed by atoms with Crippen molar-refractivity contribution < 1.29 is 59.2 Å². The molecular formula is C2H6AsKO2. The Morgan fingerprint density at radius 1 is 1.50 bits per heavy atom. The summed E-state index contributed by atoms with van der Waals surface area (Å²) in [6.45, 7) is 0. The molecule has 0 aliphatic carbocycles. The smallest absolute Gasteiger partial charge is 1.00 e. The van der Waals surface area contributed by atoms with Gasteiger partial charge in [-0.05, 0) is 0 Å². The fourth-order valence-corrected chi connectivity index (χ4v) is 0. The molecule has 0 rings (SSSR count). The standard InChI is InChI=1S/C2H7AsO2.K/c1-3(2,4)5;/h1-2H3,(H,4,5);/q;+1/p-1. The van der Waals surface area contributed by atoms with Crippen molar-refractivity contribution in [2.24, 2.45) is 0 Å². The second kappa shape index (κ2) is 3.90. The number of hydrogen-bond donors (Lipinski definition) is 0. The van der Waals surface area contributed by atoms with Crippen molar-refractivity contribution in [2.75, 3.05) is 0 Å². The second-order valence-electron chi connectivity index (χ2n) is 1.25. The summed E-state index contributed by atoms with van der Waals surface area (Å²) in [4.78, 5) is 0. The van der Waals surface area contributed by atoms with E-state index in [2.05, 4.69) is 0 Å². The van der Waals surface area contributed by atoms with E-state index in [-0.39, 0.29) is 51.4 Å². The molecule has 0 spiro atoms. The van der Waals surface area contributed by atoms with Crippen LogP contribution in [0.1, 0.15) is 0 Å². The summed E-state index contributed by atoms with van der Waals surface area (Å²) in [5.74, 6) is 0. The molecule has 32 valence electrons. The van der Waals surface area contributed by atoms with E-state index in [9.17, 15) is 7.84 Å². The molecule has 0 amide bonds. The third-order valence-corrected chi connectivity index (χ3v) is 0. The molecule has 0 unspecified atom stereocenters. The van der Waals surface area contributed by atoms with E-state index in [1.165, 1.54) is 11.4 Å². The molecule has 0 N–H and O–H groups in total. The van der Waals surface area contributed by atoms with E-state index < -0.39 is 13.8 Å². The second-order valence-corrected chi connectivity index (χ2v) is 6.51. The Bertz CT molecular complexity index is 57.7. The third-order valence-electron chi connectivity index (χ3n) is 0. The maximum absolute atomic E-state index is 9.72. The van der Waals surface area contributed by atoms with Crippen molar-refractivity contribution in [3.05, 3.63) is 0 Å². The van der Waals surface area contributed by atoms with Gasteiger partial charge in [-0.25, -0.2) is 0 Å². The Labute approximate surface area is 82.8 Å². The first kappa shape index (κ1) is 10.9. The quantitative estimate of drug-likeness (QED) is 0.359. The molecule has 4 heteroatoms. The van der Waals surface area contributed by atoms with Gasteiger partial charge in [-0.1, -0.05) is 0 Å². The van der Waals surface area contributed by atoms with Crippen molar-refractivity contribution >= 4 is 13.8 Å². The molecule has 2 nitrogen and oxygen atoms in total. The van der Waals surface area contributed by atoms with Crippen LogP contribution < -0.4 is 55.5 Å². The minimum absolute atomic E-state index is 0. The van der Waals surface area contributed by atoms with Crippen molar-refractivity contribution in [3.8, 4) is 0 Å². The molecule has 0 aliphatic rings. The summed E-state index contributed by atoms with van der Waals surface area (Å²) >= 11 is -3.38. The van der Waals surface area contributed by atoms with Crippen molar-refractivity contribution in [2.45, 2.75) is 11.4 Å². The molecule has 0 radical (unpaired) electrons. The maximum Gasteiger partial charge on any atom is 1.00 e. The molecule has 0 fully saturated rings. The van der Waals surface area contributed by atoms with Crippen LogP contribution in [0, 0.1) is 0 Å². The number of rotatable bonds is 0. The monoisotopic (exact) mass is 176 g/mol. The van der Waals surface area contributed by atoms with Gasteiger partial charge in [-0.3, -0.25) is 0 Å². The van der Waals surface area contributed by atoms with E-state index in [1.807, 2.05) is 0 Å². The van der Waals surface area contributed by atoms with Gasteiger partial charge in [0.15, 0.2) is 0 Å². The summed E-state index contributed by atoms with van der Waals surface area (Å²) in [6, 6.07) is 0. The molecule has 6 heavy (non-hydrogen) atoms. The van der Waals surface area contributed by atoms with Gasteiger partial charge in [-0.2, -0.15) is 0 Å². The fraction of sp³-hybridized carbons (Fsp3) is 1.00. The van der Waals surface area contributed by atoms with Gasteiger partial charge < -0.3 is 0 Å². The van der Waals surface area contributed by atoms with Crippen molar-refractivity contribution in [1.82, 2.24) is 0 Å². The predicted octanol–water partition coefficient (Wildman–Crippen LogP) is -3.52. The number of hydrogen-bond acceptors (Lipinski definition) is 2. The Morgan fingerprint density at radius 3 is 1.50 bits per heavy atom. The van der Waals surface area contributed by atoms with Crippen LogP contribution in [-0.4, -0.2) is 13.8 Å². The van der Waals surface area contributed by atoms with Gasteiger partial charge in [-0.15, -0.1) is 0 Å². The summed E-state index contributed by atoms with van der Waals surface area (Å²) in [5, 5.41) is 0. The molecular weight excluding hydrogens is 170 g/mol. The molecule has 0 aromatic rings. The van der Waals surface area contributed by atoms with Gasteiger partial charge in [0.05, 0.1) is 0 Å². The largest absolute Gasteiger partial charge is 1.00 e. The molecule has 0 saturated heterocycles. The van der Waals surface area contributed by atoms with E-state index in [4.69, 9.17) is 0 Å². The molecule has 0 saturated carbocycles. The van der Waals surface area contributed by atoms with Gasteiger partial charge in [0.2, 0.25) is 0 Å². The van der Waals surface area contributed by atoms with Gasteiger partial charge in [0.1, 0.15) is 0 Å². The zero-order valence-corrected chi connectivity index (χ0v) is 9.26. The Kier molecular flexibility index (Phi) is 7.05. The molecule has 0 aromatic heterocycles. The topological polar surface area (TPSA) is 40.1 Å². The zero-order chi connectivity index (χ0) is 4.50. The summed E-state index contributed by atoms with van der Waals surface area (Å²) in [7, 11) is 0. The minimum Gasteiger partial charge on any atom is 1.00 e. The van der Waals surface area contributed by atoms with E-state index >= 15 is 0 Å². The van der Waals surface area contributed by atoms with Crippen LogP contribution in [0.25, 0.3) is 0 Å².